The molecule has 2 aliphatic rings. The van der Waals surface area contributed by atoms with E-state index in [1.807, 2.05) is 25.7 Å². The molecule has 0 bridgehead atoms. The Balaban J connectivity index is 1.51. The number of likely N-dealkylation sites (tertiary alicyclic amines) is 1. The monoisotopic (exact) mass is 394 g/mol. The number of carbonyl (C=O) groups excluding carboxylic acids is 1. The highest BCUT2D eigenvalue weighted by Crippen LogP contribution is 2.26. The van der Waals surface area contributed by atoms with Crippen LogP contribution in [0.1, 0.15) is 44.7 Å². The zero-order valence-corrected chi connectivity index (χ0v) is 16.4. The number of benzene rings is 1. The quantitative estimate of drug-likeness (QED) is 0.826. The Bertz CT molecular complexity index is 612. The van der Waals surface area contributed by atoms with Gasteiger partial charge in [0.2, 0.25) is 0 Å². The second-order valence-electron chi connectivity index (χ2n) is 7.93. The number of amides is 1. The van der Waals surface area contributed by atoms with Crippen molar-refractivity contribution in [2.45, 2.75) is 64.1 Å². The normalized spacial score (nSPS) is 23.9. The molecule has 2 atom stereocenters. The molecule has 1 aromatic rings. The Kier molecular flexibility index (Phi) is 5.21. The van der Waals surface area contributed by atoms with Crippen LogP contribution in [0.5, 0.6) is 0 Å². The number of halogens is 1. The predicted octanol–water partition coefficient (Wildman–Crippen LogP) is 3.91. The highest BCUT2D eigenvalue weighted by molar-refractivity contribution is 9.10. The molecule has 1 amide bonds. The second kappa shape index (κ2) is 7.04. The lowest BCUT2D eigenvalue weighted by Crippen LogP contribution is -2.44. The molecule has 1 N–H and O–H groups in total. The van der Waals surface area contributed by atoms with Gasteiger partial charge < -0.3 is 15.0 Å². The van der Waals surface area contributed by atoms with Crippen LogP contribution in [0.15, 0.2) is 22.7 Å². The van der Waals surface area contributed by atoms with E-state index in [0.717, 1.165) is 43.2 Å². The maximum atomic E-state index is 12.2. The average Bonchev–Trinajstić information content (AvgIpc) is 2.94. The number of hydrogen-bond donors (Lipinski definition) is 1. The summed E-state index contributed by atoms with van der Waals surface area (Å²) < 4.78 is 6.64. The molecule has 5 heteroatoms. The first-order chi connectivity index (χ1) is 11.3. The molecule has 0 saturated carbocycles. The van der Waals surface area contributed by atoms with Crippen molar-refractivity contribution in [1.82, 2.24) is 10.2 Å². The second-order valence-corrected chi connectivity index (χ2v) is 8.85. The number of nitrogens with zero attached hydrogens (tertiary/aromatic N) is 1. The molecular weight excluding hydrogens is 368 g/mol. The zero-order valence-electron chi connectivity index (χ0n) is 14.8. The molecule has 24 heavy (non-hydrogen) atoms. The lowest BCUT2D eigenvalue weighted by Gasteiger charge is -2.29. The molecule has 4 nitrogen and oxygen atoms in total. The summed E-state index contributed by atoms with van der Waals surface area (Å²) in [4.78, 5) is 14.0. The van der Waals surface area contributed by atoms with Gasteiger partial charge in [0.15, 0.2) is 0 Å². The number of aryl methyl sites for hydroxylation is 1. The van der Waals surface area contributed by atoms with Crippen LogP contribution in [-0.4, -0.2) is 41.8 Å². The van der Waals surface area contributed by atoms with Crippen molar-refractivity contribution in [3.8, 4) is 0 Å². The first-order valence-electron chi connectivity index (χ1n) is 8.81. The summed E-state index contributed by atoms with van der Waals surface area (Å²) in [6.45, 7) is 7.26. The number of fused-ring (bicyclic) bond motifs is 1. The first-order valence-corrected chi connectivity index (χ1v) is 9.61. The molecule has 1 saturated heterocycles. The summed E-state index contributed by atoms with van der Waals surface area (Å²) in [5, 5.41) is 3.76. The van der Waals surface area contributed by atoms with Crippen molar-refractivity contribution in [2.24, 2.45) is 0 Å². The van der Waals surface area contributed by atoms with Crippen LogP contribution >= 0.6 is 15.9 Å². The zero-order chi connectivity index (χ0) is 17.3. The van der Waals surface area contributed by atoms with E-state index in [4.69, 9.17) is 4.74 Å². The van der Waals surface area contributed by atoms with Crippen LogP contribution in [0, 0.1) is 0 Å². The fourth-order valence-corrected chi connectivity index (χ4v) is 4.00. The number of hydrogen-bond acceptors (Lipinski definition) is 3. The van der Waals surface area contributed by atoms with Crippen molar-refractivity contribution in [3.05, 3.63) is 33.8 Å². The van der Waals surface area contributed by atoms with E-state index in [0.29, 0.717) is 12.1 Å². The summed E-state index contributed by atoms with van der Waals surface area (Å²) in [7, 11) is 0. The van der Waals surface area contributed by atoms with E-state index in [9.17, 15) is 4.79 Å². The van der Waals surface area contributed by atoms with Crippen LogP contribution in [0.25, 0.3) is 0 Å². The Morgan fingerprint density at radius 2 is 2.04 bits per heavy atom. The van der Waals surface area contributed by atoms with Gasteiger partial charge in [-0.15, -0.1) is 0 Å². The summed E-state index contributed by atoms with van der Waals surface area (Å²) in [6.07, 6.45) is 4.17. The third-order valence-electron chi connectivity index (χ3n) is 4.71. The number of rotatable bonds is 2. The first kappa shape index (κ1) is 17.7. The van der Waals surface area contributed by atoms with E-state index in [1.165, 1.54) is 11.1 Å². The van der Waals surface area contributed by atoms with Crippen LogP contribution in [-0.2, 0) is 17.6 Å². The van der Waals surface area contributed by atoms with Crippen molar-refractivity contribution >= 4 is 22.0 Å². The van der Waals surface area contributed by atoms with Crippen LogP contribution < -0.4 is 5.32 Å². The van der Waals surface area contributed by atoms with Gasteiger partial charge in [0.05, 0.1) is 0 Å². The highest BCUT2D eigenvalue weighted by Gasteiger charge is 2.31. The van der Waals surface area contributed by atoms with Gasteiger partial charge in [-0.25, -0.2) is 4.79 Å². The number of carbonyl (C=O) groups is 1. The average molecular weight is 395 g/mol. The van der Waals surface area contributed by atoms with Crippen molar-refractivity contribution in [3.63, 3.8) is 0 Å². The van der Waals surface area contributed by atoms with Gasteiger partial charge in [0.1, 0.15) is 5.60 Å². The summed E-state index contributed by atoms with van der Waals surface area (Å²) in [6, 6.07) is 7.48. The predicted molar refractivity (Wildman–Crippen MR) is 99.3 cm³/mol. The topological polar surface area (TPSA) is 41.6 Å². The molecule has 132 valence electrons. The van der Waals surface area contributed by atoms with Gasteiger partial charge in [-0.1, -0.05) is 22.0 Å². The molecule has 1 heterocycles. The van der Waals surface area contributed by atoms with Crippen molar-refractivity contribution < 1.29 is 9.53 Å². The molecule has 1 aliphatic heterocycles. The minimum Gasteiger partial charge on any atom is -0.444 e. The van der Waals surface area contributed by atoms with Crippen LogP contribution in [0.4, 0.5) is 4.79 Å². The lowest BCUT2D eigenvalue weighted by molar-refractivity contribution is 0.0290. The maximum Gasteiger partial charge on any atom is 0.410 e. The van der Waals surface area contributed by atoms with Crippen LogP contribution in [0.3, 0.4) is 0 Å². The molecule has 2 unspecified atom stereocenters. The van der Waals surface area contributed by atoms with Gasteiger partial charge in [-0.2, -0.15) is 0 Å². The smallest absolute Gasteiger partial charge is 0.410 e. The fraction of sp³-hybridized carbons (Fsp3) is 0.632. The molecule has 0 aromatic heterocycles. The molecule has 3 rings (SSSR count). The number of ether oxygens (including phenoxy) is 1. The highest BCUT2D eigenvalue weighted by atomic mass is 79.9. The van der Waals surface area contributed by atoms with E-state index in [1.54, 1.807) is 0 Å². The molecule has 1 aliphatic carbocycles. The number of nitrogens with one attached hydrogen (secondary N) is 1. The Morgan fingerprint density at radius 1 is 1.25 bits per heavy atom. The minimum absolute atomic E-state index is 0.189. The lowest BCUT2D eigenvalue weighted by atomic mass is 9.88. The Hall–Kier alpha value is -1.07. The van der Waals surface area contributed by atoms with Gasteiger partial charge >= 0.3 is 6.09 Å². The SMILES string of the molecule is CC(C)(C)OC(=O)N1CCC(NC2CCc3cc(Br)ccc3C2)C1. The maximum absolute atomic E-state index is 12.2. The largest absolute Gasteiger partial charge is 0.444 e. The third kappa shape index (κ3) is 4.51. The standard InChI is InChI=1S/C19H27BrN2O2/c1-19(2,3)24-18(23)22-9-8-17(12-22)21-16-7-5-13-10-15(20)6-4-14(13)11-16/h4,6,10,16-17,21H,5,7-9,11-12H2,1-3H3. The summed E-state index contributed by atoms with van der Waals surface area (Å²) >= 11 is 3.55. The van der Waals surface area contributed by atoms with Crippen LogP contribution in [0.2, 0.25) is 0 Å². The minimum atomic E-state index is -0.427. The van der Waals surface area contributed by atoms with E-state index < -0.39 is 5.60 Å². The fourth-order valence-electron chi connectivity index (χ4n) is 3.59. The van der Waals surface area contributed by atoms with E-state index in [-0.39, 0.29) is 6.09 Å². The summed E-state index contributed by atoms with van der Waals surface area (Å²) in [5.41, 5.74) is 2.48. The Morgan fingerprint density at radius 3 is 2.79 bits per heavy atom. The molecule has 1 fully saturated rings. The van der Waals surface area contributed by atoms with Gasteiger partial charge in [0, 0.05) is 29.6 Å². The molecule has 0 radical (unpaired) electrons. The third-order valence-corrected chi connectivity index (χ3v) is 5.20. The Labute approximate surface area is 153 Å². The van der Waals surface area contributed by atoms with Crippen molar-refractivity contribution in [1.29, 1.82) is 0 Å². The van der Waals surface area contributed by atoms with Crippen molar-refractivity contribution in [2.75, 3.05) is 13.1 Å². The molecular formula is C19H27BrN2O2. The van der Waals surface area contributed by atoms with Gasteiger partial charge in [-0.05, 0) is 69.7 Å². The van der Waals surface area contributed by atoms with Gasteiger partial charge in [-0.3, -0.25) is 0 Å². The molecule has 0 spiro atoms. The summed E-state index contributed by atoms with van der Waals surface area (Å²) in [5.74, 6) is 0. The van der Waals surface area contributed by atoms with Gasteiger partial charge in [0.25, 0.3) is 0 Å². The molecule has 1 aromatic carbocycles. The van der Waals surface area contributed by atoms with E-state index >= 15 is 0 Å². The van der Waals surface area contributed by atoms with E-state index in [2.05, 4.69) is 39.4 Å².